The molecule has 0 aliphatic carbocycles. The molecule has 0 fully saturated rings. The van der Waals surface area contributed by atoms with Crippen LogP contribution >= 0.6 is 0 Å². The Morgan fingerprint density at radius 1 is 1.32 bits per heavy atom. The largest absolute Gasteiger partial charge is 0.376 e. The number of aromatic amines is 1. The highest BCUT2D eigenvalue weighted by Gasteiger charge is 2.20. The summed E-state index contributed by atoms with van der Waals surface area (Å²) >= 11 is 0. The Labute approximate surface area is 104 Å². The van der Waals surface area contributed by atoms with Crippen molar-refractivity contribution < 1.29 is 13.7 Å². The highest BCUT2D eigenvalue weighted by molar-refractivity contribution is 5.64. The third kappa shape index (κ3) is 2.54. The Morgan fingerprint density at radius 2 is 2.05 bits per heavy atom. The third-order valence-electron chi connectivity index (χ3n) is 2.19. The Balaban J connectivity index is 2.43. The molecule has 0 atom stereocenters. The molecule has 0 unspecified atom stereocenters. The van der Waals surface area contributed by atoms with Gasteiger partial charge in [-0.2, -0.15) is 0 Å². The van der Waals surface area contributed by atoms with Crippen LogP contribution in [-0.2, 0) is 0 Å². The molecule has 2 rings (SSSR count). The summed E-state index contributed by atoms with van der Waals surface area (Å²) in [5.74, 6) is -2.55. The van der Waals surface area contributed by atoms with Gasteiger partial charge < -0.3 is 10.3 Å². The Morgan fingerprint density at radius 3 is 2.68 bits per heavy atom. The fraction of sp³-hybridized carbons (Fsp3) is 0. The first kappa shape index (κ1) is 12.6. The molecule has 1 heterocycles. The molecule has 1 aromatic heterocycles. The number of rotatable bonds is 3. The molecule has 0 spiro atoms. The molecule has 0 amide bonds. The maximum Gasteiger partial charge on any atom is 0.376 e. The lowest BCUT2D eigenvalue weighted by atomic mass is 10.3. The summed E-state index contributed by atoms with van der Waals surface area (Å²) in [4.78, 5) is 26.7. The number of anilines is 2. The summed E-state index contributed by atoms with van der Waals surface area (Å²) in [5, 5.41) is 13.1. The molecule has 98 valence electrons. The summed E-state index contributed by atoms with van der Waals surface area (Å²) in [6.45, 7) is 0. The van der Waals surface area contributed by atoms with E-state index in [0.717, 1.165) is 24.5 Å². The summed E-state index contributed by atoms with van der Waals surface area (Å²) in [6.07, 6.45) is 0.956. The Kier molecular flexibility index (Phi) is 3.19. The van der Waals surface area contributed by atoms with E-state index in [9.17, 15) is 23.7 Å². The van der Waals surface area contributed by atoms with Gasteiger partial charge in [0.05, 0.1) is 11.3 Å². The molecule has 19 heavy (non-hydrogen) atoms. The van der Waals surface area contributed by atoms with Gasteiger partial charge in [-0.15, -0.1) is 0 Å². The van der Waals surface area contributed by atoms with Crippen molar-refractivity contribution in [2.24, 2.45) is 0 Å². The molecular formula is C10H6F2N4O3. The van der Waals surface area contributed by atoms with Gasteiger partial charge in [-0.05, 0) is 12.1 Å². The number of aromatic nitrogens is 2. The van der Waals surface area contributed by atoms with Crippen molar-refractivity contribution in [3.8, 4) is 0 Å². The molecule has 1 aromatic carbocycles. The van der Waals surface area contributed by atoms with Crippen molar-refractivity contribution in [1.29, 1.82) is 0 Å². The smallest absolute Gasteiger partial charge is 0.334 e. The van der Waals surface area contributed by atoms with Crippen LogP contribution in [0.1, 0.15) is 0 Å². The maximum atomic E-state index is 13.0. The van der Waals surface area contributed by atoms with Crippen LogP contribution in [-0.4, -0.2) is 14.9 Å². The number of nitrogens with one attached hydrogen (secondary N) is 2. The second-order valence-corrected chi connectivity index (χ2v) is 3.44. The van der Waals surface area contributed by atoms with Crippen molar-refractivity contribution in [2.75, 3.05) is 5.32 Å². The fourth-order valence-electron chi connectivity index (χ4n) is 1.36. The highest BCUT2D eigenvalue weighted by Crippen LogP contribution is 2.22. The monoisotopic (exact) mass is 268 g/mol. The minimum atomic E-state index is -1.13. The van der Waals surface area contributed by atoms with E-state index < -0.39 is 27.8 Å². The number of hydrogen-bond donors (Lipinski definition) is 2. The van der Waals surface area contributed by atoms with Crippen molar-refractivity contribution in [1.82, 2.24) is 9.97 Å². The normalized spacial score (nSPS) is 10.2. The predicted octanol–water partition coefficient (Wildman–Crippen LogP) is 1.70. The molecule has 0 saturated heterocycles. The average Bonchev–Trinajstić information content (AvgIpc) is 2.33. The zero-order valence-corrected chi connectivity index (χ0v) is 9.18. The quantitative estimate of drug-likeness (QED) is 0.651. The summed E-state index contributed by atoms with van der Waals surface area (Å²) in [5.41, 5.74) is -1.74. The first-order chi connectivity index (χ1) is 8.99. The number of H-pyrrole nitrogens is 1. The molecule has 9 heteroatoms. The number of benzene rings is 1. The average molecular weight is 268 g/mol. The highest BCUT2D eigenvalue weighted by atomic mass is 19.2. The van der Waals surface area contributed by atoms with Crippen molar-refractivity contribution in [2.45, 2.75) is 0 Å². The predicted molar refractivity (Wildman–Crippen MR) is 61.2 cm³/mol. The maximum absolute atomic E-state index is 13.0. The van der Waals surface area contributed by atoms with Gasteiger partial charge in [-0.1, -0.05) is 0 Å². The summed E-state index contributed by atoms with van der Waals surface area (Å²) in [6, 6.07) is 2.80. The number of halogens is 2. The molecule has 0 aliphatic rings. The van der Waals surface area contributed by atoms with Crippen LogP contribution in [0, 0.1) is 21.7 Å². The lowest BCUT2D eigenvalue weighted by Gasteiger charge is -2.05. The van der Waals surface area contributed by atoms with E-state index in [1.807, 2.05) is 4.98 Å². The second kappa shape index (κ2) is 4.80. The van der Waals surface area contributed by atoms with Crippen LogP contribution in [0.15, 0.2) is 29.3 Å². The van der Waals surface area contributed by atoms with Gasteiger partial charge in [0, 0.05) is 11.8 Å². The van der Waals surface area contributed by atoms with E-state index in [0.29, 0.717) is 0 Å². The Hall–Kier alpha value is -2.84. The molecule has 0 saturated carbocycles. The van der Waals surface area contributed by atoms with Gasteiger partial charge in [-0.25, -0.2) is 13.8 Å². The van der Waals surface area contributed by atoms with E-state index in [4.69, 9.17) is 0 Å². The van der Waals surface area contributed by atoms with Crippen molar-refractivity contribution in [3.05, 3.63) is 56.6 Å². The van der Waals surface area contributed by atoms with Crippen LogP contribution in [0.2, 0.25) is 0 Å². The minimum absolute atomic E-state index is 0.0279. The number of nitro groups is 1. The van der Waals surface area contributed by atoms with Gasteiger partial charge >= 0.3 is 11.2 Å². The number of nitrogens with zero attached hydrogens (tertiary/aromatic N) is 2. The van der Waals surface area contributed by atoms with Gasteiger partial charge in [0.15, 0.2) is 11.6 Å². The van der Waals surface area contributed by atoms with E-state index in [2.05, 4.69) is 10.3 Å². The first-order valence-electron chi connectivity index (χ1n) is 4.93. The summed E-state index contributed by atoms with van der Waals surface area (Å²) < 4.78 is 25.7. The zero-order valence-electron chi connectivity index (χ0n) is 9.18. The SMILES string of the molecule is O=c1[nH]cnc(Nc2ccc(F)c(F)c2)c1[N+](=O)[O-]. The van der Waals surface area contributed by atoms with Crippen LogP contribution in [0.25, 0.3) is 0 Å². The minimum Gasteiger partial charge on any atom is -0.334 e. The van der Waals surface area contributed by atoms with E-state index in [1.165, 1.54) is 0 Å². The van der Waals surface area contributed by atoms with Crippen LogP contribution in [0.4, 0.5) is 26.0 Å². The lowest BCUT2D eigenvalue weighted by molar-refractivity contribution is -0.385. The van der Waals surface area contributed by atoms with E-state index in [1.54, 1.807) is 0 Å². The second-order valence-electron chi connectivity index (χ2n) is 3.44. The fourth-order valence-corrected chi connectivity index (χ4v) is 1.36. The lowest BCUT2D eigenvalue weighted by Crippen LogP contribution is -2.14. The van der Waals surface area contributed by atoms with Gasteiger partial charge in [-0.3, -0.25) is 14.9 Å². The Bertz CT molecular complexity index is 701. The van der Waals surface area contributed by atoms with Crippen LogP contribution in [0.3, 0.4) is 0 Å². The van der Waals surface area contributed by atoms with Gasteiger partial charge in [0.25, 0.3) is 0 Å². The molecule has 7 nitrogen and oxygen atoms in total. The summed E-state index contributed by atoms with van der Waals surface area (Å²) in [7, 11) is 0. The first-order valence-corrected chi connectivity index (χ1v) is 4.93. The standard InChI is InChI=1S/C10H6F2N4O3/c11-6-2-1-5(3-7(6)12)15-9-8(16(18)19)10(17)14-4-13-9/h1-4H,(H2,13,14,15,17). The molecule has 2 N–H and O–H groups in total. The molecule has 0 radical (unpaired) electrons. The van der Waals surface area contributed by atoms with Gasteiger partial charge in [0.1, 0.15) is 0 Å². The molecule has 0 aliphatic heterocycles. The zero-order chi connectivity index (χ0) is 14.0. The third-order valence-corrected chi connectivity index (χ3v) is 2.19. The van der Waals surface area contributed by atoms with Crippen LogP contribution < -0.4 is 10.9 Å². The van der Waals surface area contributed by atoms with E-state index in [-0.39, 0.29) is 11.5 Å². The molecule has 0 bridgehead atoms. The van der Waals surface area contributed by atoms with Crippen LogP contribution in [0.5, 0.6) is 0 Å². The van der Waals surface area contributed by atoms with Crippen molar-refractivity contribution >= 4 is 17.2 Å². The molecule has 2 aromatic rings. The topological polar surface area (TPSA) is 101 Å². The molecular weight excluding hydrogens is 262 g/mol. The number of hydrogen-bond acceptors (Lipinski definition) is 5. The van der Waals surface area contributed by atoms with Crippen molar-refractivity contribution in [3.63, 3.8) is 0 Å². The van der Waals surface area contributed by atoms with Gasteiger partial charge in [0.2, 0.25) is 5.82 Å². The van der Waals surface area contributed by atoms with E-state index >= 15 is 0 Å².